The molecule has 1 atom stereocenters. The fourth-order valence-electron chi connectivity index (χ4n) is 5.51. The molecule has 0 radical (unpaired) electrons. The molecule has 4 aromatic rings. The monoisotopic (exact) mass is 717 g/mol. The van der Waals surface area contributed by atoms with Crippen LogP contribution >= 0.6 is 0 Å². The summed E-state index contributed by atoms with van der Waals surface area (Å²) in [6.45, 7) is 6.91. The van der Waals surface area contributed by atoms with E-state index >= 15 is 0 Å². The molecule has 11 nitrogen and oxygen atoms in total. The van der Waals surface area contributed by atoms with Gasteiger partial charge < -0.3 is 29.2 Å². The van der Waals surface area contributed by atoms with Crippen molar-refractivity contribution in [2.24, 2.45) is 0 Å². The zero-order chi connectivity index (χ0) is 37.3. The van der Waals surface area contributed by atoms with Gasteiger partial charge in [0.05, 0.1) is 39.0 Å². The topological polar surface area (TPSA) is 124 Å². The van der Waals surface area contributed by atoms with E-state index in [9.17, 15) is 18.0 Å². The number of nitrogens with zero attached hydrogens (tertiary/aromatic N) is 2. The molecule has 0 bridgehead atoms. The summed E-state index contributed by atoms with van der Waals surface area (Å²) < 4.78 is 52.2. The van der Waals surface area contributed by atoms with Gasteiger partial charge >= 0.3 is 0 Å². The van der Waals surface area contributed by atoms with Crippen LogP contribution in [0.25, 0.3) is 0 Å². The molecule has 0 fully saturated rings. The van der Waals surface area contributed by atoms with Crippen LogP contribution < -0.4 is 28.6 Å². The van der Waals surface area contributed by atoms with Crippen LogP contribution in [0.1, 0.15) is 37.5 Å². The number of hydrogen-bond acceptors (Lipinski definition) is 8. The predicted molar refractivity (Wildman–Crippen MR) is 197 cm³/mol. The molecule has 12 heteroatoms. The van der Waals surface area contributed by atoms with Gasteiger partial charge in [-0.3, -0.25) is 13.9 Å². The minimum atomic E-state index is -4.50. The van der Waals surface area contributed by atoms with E-state index in [0.29, 0.717) is 11.5 Å². The Kier molecular flexibility index (Phi) is 12.6. The number of ether oxygens (including phenoxy) is 4. The van der Waals surface area contributed by atoms with E-state index in [1.807, 2.05) is 82.3 Å². The maximum atomic E-state index is 14.9. The van der Waals surface area contributed by atoms with Crippen molar-refractivity contribution in [3.63, 3.8) is 0 Å². The SMILES string of the molecule is COc1ccc(OC)c(N(CC(=O)N(Cc2ccc(C)cc2)[C@@H](Cc2ccccc2)C(=O)NC(C)(C)C)S(=O)(=O)c2ccc(OC)c(OC)c2)c1. The number of hydrogen-bond donors (Lipinski definition) is 1. The Morgan fingerprint density at radius 1 is 0.745 bits per heavy atom. The molecule has 0 aliphatic carbocycles. The minimum absolute atomic E-state index is 0.0354. The van der Waals surface area contributed by atoms with E-state index in [0.717, 1.165) is 21.0 Å². The molecule has 1 N–H and O–H groups in total. The van der Waals surface area contributed by atoms with Gasteiger partial charge in [0.25, 0.3) is 10.0 Å². The van der Waals surface area contributed by atoms with Crippen LogP contribution in [0.5, 0.6) is 23.0 Å². The van der Waals surface area contributed by atoms with Crippen molar-refractivity contribution in [3.05, 3.63) is 108 Å². The number of benzene rings is 4. The first-order valence-electron chi connectivity index (χ1n) is 16.4. The van der Waals surface area contributed by atoms with Crippen molar-refractivity contribution in [3.8, 4) is 23.0 Å². The van der Waals surface area contributed by atoms with Crippen LogP contribution in [-0.4, -0.2) is 71.7 Å². The highest BCUT2D eigenvalue weighted by atomic mass is 32.2. The normalized spacial score (nSPS) is 12.0. The molecule has 0 unspecified atom stereocenters. The van der Waals surface area contributed by atoms with Crippen molar-refractivity contribution in [1.82, 2.24) is 10.2 Å². The smallest absolute Gasteiger partial charge is 0.265 e. The van der Waals surface area contributed by atoms with Crippen LogP contribution in [0.3, 0.4) is 0 Å². The summed E-state index contributed by atoms with van der Waals surface area (Å²) >= 11 is 0. The summed E-state index contributed by atoms with van der Waals surface area (Å²) in [5.41, 5.74) is 2.08. The Labute approximate surface area is 301 Å². The number of carbonyl (C=O) groups excluding carboxylic acids is 2. The van der Waals surface area contributed by atoms with Gasteiger partial charge in [-0.2, -0.15) is 0 Å². The van der Waals surface area contributed by atoms with Gasteiger partial charge in [-0.15, -0.1) is 0 Å². The first kappa shape index (κ1) is 38.6. The van der Waals surface area contributed by atoms with Gasteiger partial charge in [0, 0.05) is 30.6 Å². The molecule has 51 heavy (non-hydrogen) atoms. The lowest BCUT2D eigenvalue weighted by Crippen LogP contribution is -2.56. The van der Waals surface area contributed by atoms with Crippen molar-refractivity contribution in [1.29, 1.82) is 0 Å². The van der Waals surface area contributed by atoms with Crippen LogP contribution in [0.2, 0.25) is 0 Å². The van der Waals surface area contributed by atoms with Gasteiger partial charge in [-0.05, 0) is 63.1 Å². The summed E-state index contributed by atoms with van der Waals surface area (Å²) in [4.78, 5) is 30.3. The second-order valence-electron chi connectivity index (χ2n) is 13.0. The van der Waals surface area contributed by atoms with Crippen LogP contribution in [-0.2, 0) is 32.6 Å². The molecule has 4 rings (SSSR count). The minimum Gasteiger partial charge on any atom is -0.497 e. The molecule has 0 heterocycles. The lowest BCUT2D eigenvalue weighted by molar-refractivity contribution is -0.140. The van der Waals surface area contributed by atoms with Crippen molar-refractivity contribution in [2.45, 2.75) is 57.1 Å². The summed E-state index contributed by atoms with van der Waals surface area (Å²) in [6.07, 6.45) is 0.186. The van der Waals surface area contributed by atoms with Gasteiger partial charge in [-0.1, -0.05) is 60.2 Å². The van der Waals surface area contributed by atoms with Gasteiger partial charge in [0.2, 0.25) is 11.8 Å². The maximum Gasteiger partial charge on any atom is 0.265 e. The maximum absolute atomic E-state index is 14.9. The number of sulfonamides is 1. The Balaban J connectivity index is 1.91. The third-order valence-corrected chi connectivity index (χ3v) is 9.88. The van der Waals surface area contributed by atoms with E-state index in [2.05, 4.69) is 5.32 Å². The third kappa shape index (κ3) is 9.72. The second-order valence-corrected chi connectivity index (χ2v) is 14.9. The number of amides is 2. The fraction of sp³-hybridized carbons (Fsp3) is 0.333. The summed E-state index contributed by atoms with van der Waals surface area (Å²) in [5.74, 6) is 0.0496. The van der Waals surface area contributed by atoms with Crippen molar-refractivity contribution in [2.75, 3.05) is 39.3 Å². The standard InChI is InChI=1S/C39H47N3O8S/c1-27-14-16-29(17-15-27)25-41(33(38(44)40-39(2,3)4)22-28-12-10-9-11-13-28)37(43)26-42(32-23-30(47-5)18-20-34(32)48-6)51(45,46)31-19-21-35(49-7)36(24-31)50-8/h9-21,23-24,33H,22,25-26H2,1-8H3,(H,40,44)/t33-/m0/s1. The molecule has 272 valence electrons. The number of carbonyl (C=O) groups is 2. The number of nitrogens with one attached hydrogen (secondary N) is 1. The lowest BCUT2D eigenvalue weighted by Gasteiger charge is -2.35. The highest BCUT2D eigenvalue weighted by Crippen LogP contribution is 2.38. The molecule has 2 amide bonds. The average Bonchev–Trinajstić information content (AvgIpc) is 3.11. The molecule has 0 spiro atoms. The average molecular weight is 718 g/mol. The second kappa shape index (κ2) is 16.7. The Bertz CT molecular complexity index is 1910. The van der Waals surface area contributed by atoms with E-state index in [1.165, 1.54) is 57.6 Å². The number of methoxy groups -OCH3 is 4. The highest BCUT2D eigenvalue weighted by Gasteiger charge is 2.37. The first-order valence-corrected chi connectivity index (χ1v) is 17.8. The van der Waals surface area contributed by atoms with Crippen LogP contribution in [0.15, 0.2) is 95.9 Å². The number of aryl methyl sites for hydroxylation is 1. The molecule has 0 aliphatic rings. The molecule has 0 aliphatic heterocycles. The predicted octanol–water partition coefficient (Wildman–Crippen LogP) is 5.78. The fourth-order valence-corrected chi connectivity index (χ4v) is 6.94. The third-order valence-electron chi connectivity index (χ3n) is 8.12. The Morgan fingerprint density at radius 2 is 1.37 bits per heavy atom. The molecule has 4 aromatic carbocycles. The zero-order valence-electron chi connectivity index (χ0n) is 30.4. The molecular formula is C39H47N3O8S. The summed E-state index contributed by atoms with van der Waals surface area (Å²) in [6, 6.07) is 24.9. The highest BCUT2D eigenvalue weighted by molar-refractivity contribution is 7.92. The van der Waals surface area contributed by atoms with Crippen LogP contribution in [0, 0.1) is 6.92 Å². The largest absolute Gasteiger partial charge is 0.497 e. The molecule has 0 aromatic heterocycles. The van der Waals surface area contributed by atoms with E-state index in [4.69, 9.17) is 18.9 Å². The molecule has 0 saturated carbocycles. The summed E-state index contributed by atoms with van der Waals surface area (Å²) in [5, 5.41) is 3.04. The first-order chi connectivity index (χ1) is 24.2. The summed E-state index contributed by atoms with van der Waals surface area (Å²) in [7, 11) is 1.21. The van der Waals surface area contributed by atoms with E-state index < -0.39 is 34.1 Å². The Morgan fingerprint density at radius 3 is 1.96 bits per heavy atom. The van der Waals surface area contributed by atoms with Crippen molar-refractivity contribution >= 4 is 27.5 Å². The lowest BCUT2D eigenvalue weighted by atomic mass is 10.0. The van der Waals surface area contributed by atoms with E-state index in [-0.39, 0.29) is 41.0 Å². The quantitative estimate of drug-likeness (QED) is 0.164. The number of rotatable bonds is 15. The molecular weight excluding hydrogens is 671 g/mol. The Hall–Kier alpha value is -5.23. The van der Waals surface area contributed by atoms with Gasteiger partial charge in [0.15, 0.2) is 11.5 Å². The van der Waals surface area contributed by atoms with Crippen LogP contribution in [0.4, 0.5) is 5.69 Å². The molecule has 0 saturated heterocycles. The van der Waals surface area contributed by atoms with Gasteiger partial charge in [0.1, 0.15) is 24.1 Å². The van der Waals surface area contributed by atoms with E-state index in [1.54, 1.807) is 12.1 Å². The van der Waals surface area contributed by atoms with Crippen molar-refractivity contribution < 1.29 is 37.0 Å². The zero-order valence-corrected chi connectivity index (χ0v) is 31.2. The van der Waals surface area contributed by atoms with Gasteiger partial charge in [-0.25, -0.2) is 8.42 Å². The number of anilines is 1.